The van der Waals surface area contributed by atoms with Crippen molar-refractivity contribution < 1.29 is 9.53 Å². The minimum atomic E-state index is -0.520. The minimum absolute atomic E-state index is 0.166. The van der Waals surface area contributed by atoms with Crippen LogP contribution in [0.5, 0.6) is 0 Å². The van der Waals surface area contributed by atoms with E-state index in [2.05, 4.69) is 14.7 Å². The van der Waals surface area contributed by atoms with Crippen LogP contribution in [0.1, 0.15) is 30.4 Å². The van der Waals surface area contributed by atoms with E-state index < -0.39 is 5.97 Å². The van der Waals surface area contributed by atoms with Crippen LogP contribution in [0.3, 0.4) is 0 Å². The average molecular weight is 254 g/mol. The van der Waals surface area contributed by atoms with Crippen LogP contribution in [0.25, 0.3) is 11.0 Å². The molecule has 0 saturated carbocycles. The Balaban J connectivity index is 2.65. The molecule has 0 bridgehead atoms. The number of esters is 1. The van der Waals surface area contributed by atoms with Crippen LogP contribution in [-0.2, 0) is 4.74 Å². The van der Waals surface area contributed by atoms with Crippen molar-refractivity contribution in [1.29, 1.82) is 0 Å². The first-order valence-electron chi connectivity index (χ1n) is 5.16. The lowest BCUT2D eigenvalue weighted by Gasteiger charge is -2.08. The minimum Gasteiger partial charge on any atom is -0.464 e. The summed E-state index contributed by atoms with van der Waals surface area (Å²) in [6.07, 6.45) is 1.68. The summed E-state index contributed by atoms with van der Waals surface area (Å²) in [6.45, 7) is 4.04. The van der Waals surface area contributed by atoms with Crippen LogP contribution >= 0.6 is 11.6 Å². The lowest BCUT2D eigenvalue weighted by atomic mass is 10.3. The van der Waals surface area contributed by atoms with Crippen molar-refractivity contribution in [2.24, 2.45) is 0 Å². The van der Waals surface area contributed by atoms with Gasteiger partial charge in [-0.05, 0) is 19.9 Å². The van der Waals surface area contributed by atoms with E-state index in [1.807, 2.05) is 18.4 Å². The number of carbonyl (C=O) groups excluding carboxylic acids is 1. The van der Waals surface area contributed by atoms with Gasteiger partial charge in [0, 0.05) is 6.04 Å². The highest BCUT2D eigenvalue weighted by Gasteiger charge is 2.16. The van der Waals surface area contributed by atoms with Crippen LogP contribution in [0.4, 0.5) is 0 Å². The number of halogens is 1. The van der Waals surface area contributed by atoms with E-state index in [1.54, 1.807) is 12.4 Å². The van der Waals surface area contributed by atoms with Gasteiger partial charge in [-0.25, -0.2) is 14.8 Å². The van der Waals surface area contributed by atoms with Crippen molar-refractivity contribution in [3.05, 3.63) is 23.2 Å². The standard InChI is InChI=1S/C11H12ClN3O2/c1-6(2)15-5-13-7-4-8(11(16)17-3)14-10(12)9(7)15/h4-6H,1-3H3. The number of carbonyl (C=O) groups is 1. The maximum absolute atomic E-state index is 11.4. The highest BCUT2D eigenvalue weighted by Crippen LogP contribution is 2.24. The zero-order chi connectivity index (χ0) is 12.6. The quantitative estimate of drug-likeness (QED) is 0.609. The van der Waals surface area contributed by atoms with Gasteiger partial charge < -0.3 is 9.30 Å². The van der Waals surface area contributed by atoms with E-state index in [0.29, 0.717) is 5.52 Å². The summed E-state index contributed by atoms with van der Waals surface area (Å²) in [6, 6.07) is 1.80. The van der Waals surface area contributed by atoms with Crippen molar-refractivity contribution in [3.8, 4) is 0 Å². The Bertz CT molecular complexity index is 577. The predicted molar refractivity (Wildman–Crippen MR) is 64.3 cm³/mol. The SMILES string of the molecule is COC(=O)c1cc2ncn(C(C)C)c2c(Cl)n1. The Morgan fingerprint density at radius 3 is 2.82 bits per heavy atom. The van der Waals surface area contributed by atoms with Crippen LogP contribution in [0.2, 0.25) is 5.15 Å². The fourth-order valence-electron chi connectivity index (χ4n) is 1.61. The molecule has 0 radical (unpaired) electrons. The first kappa shape index (κ1) is 11.9. The van der Waals surface area contributed by atoms with E-state index in [4.69, 9.17) is 11.6 Å². The number of ether oxygens (including phenoxy) is 1. The molecule has 0 saturated heterocycles. The van der Waals surface area contributed by atoms with Crippen LogP contribution in [0.15, 0.2) is 12.4 Å². The number of nitrogens with zero attached hydrogens (tertiary/aromatic N) is 3. The van der Waals surface area contributed by atoms with Crippen molar-refractivity contribution in [2.45, 2.75) is 19.9 Å². The molecule has 0 aliphatic carbocycles. The van der Waals surface area contributed by atoms with E-state index in [0.717, 1.165) is 5.52 Å². The van der Waals surface area contributed by atoms with Gasteiger partial charge in [-0.15, -0.1) is 0 Å². The largest absolute Gasteiger partial charge is 0.464 e. The highest BCUT2D eigenvalue weighted by atomic mass is 35.5. The maximum atomic E-state index is 11.4. The third kappa shape index (κ3) is 1.98. The third-order valence-corrected chi connectivity index (χ3v) is 2.72. The molecule has 0 fully saturated rings. The lowest BCUT2D eigenvalue weighted by molar-refractivity contribution is 0.0594. The van der Waals surface area contributed by atoms with Gasteiger partial charge in [-0.3, -0.25) is 0 Å². The van der Waals surface area contributed by atoms with Gasteiger partial charge >= 0.3 is 5.97 Å². The zero-order valence-electron chi connectivity index (χ0n) is 9.77. The fraction of sp³-hybridized carbons (Fsp3) is 0.364. The Kier molecular flexibility index (Phi) is 3.02. The number of pyridine rings is 1. The number of hydrogen-bond acceptors (Lipinski definition) is 4. The number of rotatable bonds is 2. The van der Waals surface area contributed by atoms with Crippen molar-refractivity contribution in [3.63, 3.8) is 0 Å². The summed E-state index contributed by atoms with van der Waals surface area (Å²) in [5, 5.41) is 0.258. The molecular formula is C11H12ClN3O2. The van der Waals surface area contributed by atoms with Gasteiger partial charge in [0.05, 0.1) is 19.0 Å². The van der Waals surface area contributed by atoms with E-state index >= 15 is 0 Å². The third-order valence-electron chi connectivity index (χ3n) is 2.46. The predicted octanol–water partition coefficient (Wildman–Crippen LogP) is 2.45. The number of methoxy groups -OCH3 is 1. The normalized spacial score (nSPS) is 11.1. The molecule has 0 aliphatic rings. The second kappa shape index (κ2) is 4.33. The Morgan fingerprint density at radius 2 is 2.24 bits per heavy atom. The van der Waals surface area contributed by atoms with Gasteiger partial charge in [0.2, 0.25) is 0 Å². The zero-order valence-corrected chi connectivity index (χ0v) is 10.5. The molecule has 0 N–H and O–H groups in total. The number of aromatic nitrogens is 3. The Labute approximate surface area is 103 Å². The number of fused-ring (bicyclic) bond motifs is 1. The first-order valence-corrected chi connectivity index (χ1v) is 5.53. The molecule has 0 aromatic carbocycles. The Morgan fingerprint density at radius 1 is 1.53 bits per heavy atom. The molecule has 2 aromatic heterocycles. The molecule has 5 nitrogen and oxygen atoms in total. The van der Waals surface area contributed by atoms with Crippen LogP contribution in [-0.4, -0.2) is 27.6 Å². The molecule has 0 unspecified atom stereocenters. The van der Waals surface area contributed by atoms with Gasteiger partial charge in [-0.2, -0.15) is 0 Å². The summed E-state index contributed by atoms with van der Waals surface area (Å²) in [5.74, 6) is -0.520. The van der Waals surface area contributed by atoms with E-state index in [1.165, 1.54) is 7.11 Å². The lowest BCUT2D eigenvalue weighted by Crippen LogP contribution is -2.05. The molecule has 0 aliphatic heterocycles. The smallest absolute Gasteiger partial charge is 0.356 e. The molecule has 2 aromatic rings. The molecule has 0 amide bonds. The molecule has 6 heteroatoms. The second-order valence-electron chi connectivity index (χ2n) is 3.90. The number of hydrogen-bond donors (Lipinski definition) is 0. The Hall–Kier alpha value is -1.62. The molecule has 17 heavy (non-hydrogen) atoms. The van der Waals surface area contributed by atoms with Gasteiger partial charge in [0.1, 0.15) is 5.52 Å². The number of imidazole rings is 1. The van der Waals surface area contributed by atoms with Crippen LogP contribution < -0.4 is 0 Å². The molecule has 0 atom stereocenters. The summed E-state index contributed by atoms with van der Waals surface area (Å²) < 4.78 is 6.51. The van der Waals surface area contributed by atoms with Gasteiger partial charge in [0.15, 0.2) is 10.8 Å². The van der Waals surface area contributed by atoms with Crippen molar-refractivity contribution >= 4 is 28.6 Å². The summed E-state index contributed by atoms with van der Waals surface area (Å²) in [4.78, 5) is 19.6. The topological polar surface area (TPSA) is 57.0 Å². The molecule has 2 heterocycles. The maximum Gasteiger partial charge on any atom is 0.356 e. The molecule has 0 spiro atoms. The van der Waals surface area contributed by atoms with Gasteiger partial charge in [0.25, 0.3) is 0 Å². The molecular weight excluding hydrogens is 242 g/mol. The average Bonchev–Trinajstić information content (AvgIpc) is 2.72. The summed E-state index contributed by atoms with van der Waals surface area (Å²) in [7, 11) is 1.30. The monoisotopic (exact) mass is 253 g/mol. The van der Waals surface area contributed by atoms with Gasteiger partial charge in [-0.1, -0.05) is 11.6 Å². The van der Waals surface area contributed by atoms with Crippen molar-refractivity contribution in [2.75, 3.05) is 7.11 Å². The summed E-state index contributed by atoms with van der Waals surface area (Å²) in [5.41, 5.74) is 1.53. The fourth-order valence-corrected chi connectivity index (χ4v) is 1.90. The molecule has 2 rings (SSSR count). The van der Waals surface area contributed by atoms with E-state index in [-0.39, 0.29) is 16.9 Å². The summed E-state index contributed by atoms with van der Waals surface area (Å²) >= 11 is 6.07. The molecule has 90 valence electrons. The first-order chi connectivity index (χ1) is 8.04. The van der Waals surface area contributed by atoms with Crippen molar-refractivity contribution in [1.82, 2.24) is 14.5 Å². The highest BCUT2D eigenvalue weighted by molar-refractivity contribution is 6.34. The second-order valence-corrected chi connectivity index (χ2v) is 4.26. The van der Waals surface area contributed by atoms with Crippen LogP contribution in [0, 0.1) is 0 Å². The van der Waals surface area contributed by atoms with E-state index in [9.17, 15) is 4.79 Å².